The van der Waals surface area contributed by atoms with E-state index in [1.165, 1.54) is 46.9 Å². The number of carbonyl (C=O) groups is 1. The molecule has 2 aromatic carbocycles. The van der Waals surface area contributed by atoms with Gasteiger partial charge < -0.3 is 10.2 Å². The number of amides is 1. The number of piperazine rings is 1. The molecule has 33 heavy (non-hydrogen) atoms. The summed E-state index contributed by atoms with van der Waals surface area (Å²) in [4.78, 5) is 32.7. The highest BCUT2D eigenvalue weighted by Gasteiger charge is 2.20. The van der Waals surface area contributed by atoms with Crippen LogP contribution in [0.25, 0.3) is 20.3 Å². The van der Waals surface area contributed by atoms with Crippen LogP contribution in [0.15, 0.2) is 42.5 Å². The molecule has 5 rings (SSSR count). The van der Waals surface area contributed by atoms with Crippen molar-refractivity contribution in [3.63, 3.8) is 0 Å². The summed E-state index contributed by atoms with van der Waals surface area (Å²) in [5.41, 5.74) is 0.835. The molecule has 1 aliphatic heterocycles. The molecule has 2 aromatic heterocycles. The van der Waals surface area contributed by atoms with Crippen molar-refractivity contribution in [1.29, 1.82) is 0 Å². The summed E-state index contributed by atoms with van der Waals surface area (Å²) < 4.78 is 15.1. The molecule has 1 amide bonds. The van der Waals surface area contributed by atoms with Crippen LogP contribution in [0.1, 0.15) is 9.67 Å². The van der Waals surface area contributed by atoms with Crippen molar-refractivity contribution < 1.29 is 14.1 Å². The Bertz CT molecular complexity index is 1350. The number of hydrogen-bond donors (Lipinski definition) is 1. The van der Waals surface area contributed by atoms with Gasteiger partial charge in [-0.05, 0) is 30.3 Å². The maximum absolute atomic E-state index is 13.4. The van der Waals surface area contributed by atoms with Gasteiger partial charge in [-0.3, -0.25) is 19.8 Å². The average molecular weight is 486 g/mol. The molecule has 8 nitrogen and oxygen atoms in total. The molecule has 11 heteroatoms. The molecule has 0 bridgehead atoms. The molecule has 1 saturated heterocycles. The van der Waals surface area contributed by atoms with Crippen molar-refractivity contribution in [3.8, 4) is 0 Å². The number of hydrogen-bond acceptors (Lipinski definition) is 8. The lowest BCUT2D eigenvalue weighted by Crippen LogP contribution is -2.48. The number of rotatable bonds is 6. The fourth-order valence-electron chi connectivity index (χ4n) is 3.86. The topological polar surface area (TPSA) is 91.6 Å². The number of fused-ring (bicyclic) bond motifs is 2. The van der Waals surface area contributed by atoms with Gasteiger partial charge in [0.1, 0.15) is 5.82 Å². The third-order valence-corrected chi connectivity index (χ3v) is 7.82. The van der Waals surface area contributed by atoms with Crippen LogP contribution in [-0.4, -0.2) is 60.0 Å². The lowest BCUT2D eigenvalue weighted by molar-refractivity contribution is -0.384. The average Bonchev–Trinajstić information content (AvgIpc) is 3.42. The summed E-state index contributed by atoms with van der Waals surface area (Å²) in [5, 5.41) is 15.5. The largest absolute Gasteiger partial charge is 0.350 e. The third-order valence-electron chi connectivity index (χ3n) is 5.63. The van der Waals surface area contributed by atoms with E-state index < -0.39 is 4.92 Å². The number of anilines is 1. The number of halogens is 1. The minimum atomic E-state index is -0.437. The summed E-state index contributed by atoms with van der Waals surface area (Å²) >= 11 is 2.83. The highest BCUT2D eigenvalue weighted by atomic mass is 32.1. The number of nitrogens with zero attached hydrogens (tertiary/aromatic N) is 4. The second-order valence-corrected chi connectivity index (χ2v) is 9.88. The Hall–Kier alpha value is -3.15. The number of thiazole rings is 1. The van der Waals surface area contributed by atoms with Crippen molar-refractivity contribution in [2.75, 3.05) is 44.2 Å². The first kappa shape index (κ1) is 21.7. The Morgan fingerprint density at radius 2 is 1.91 bits per heavy atom. The monoisotopic (exact) mass is 485 g/mol. The molecule has 0 atom stereocenters. The first-order valence-corrected chi connectivity index (χ1v) is 12.1. The first-order valence-electron chi connectivity index (χ1n) is 10.5. The molecule has 1 fully saturated rings. The van der Waals surface area contributed by atoms with Gasteiger partial charge in [-0.25, -0.2) is 9.37 Å². The molecule has 1 aliphatic rings. The summed E-state index contributed by atoms with van der Waals surface area (Å²) in [6.45, 7) is 4.62. The van der Waals surface area contributed by atoms with E-state index in [4.69, 9.17) is 0 Å². The predicted octanol–water partition coefficient (Wildman–Crippen LogP) is 4.11. The Morgan fingerprint density at radius 3 is 2.70 bits per heavy atom. The second-order valence-electron chi connectivity index (χ2n) is 7.78. The molecule has 0 unspecified atom stereocenters. The number of thiophene rings is 1. The van der Waals surface area contributed by atoms with Crippen LogP contribution in [0, 0.1) is 15.9 Å². The first-order chi connectivity index (χ1) is 16.0. The molecular formula is C22H20FN5O3S2. The highest BCUT2D eigenvalue weighted by Crippen LogP contribution is 2.30. The number of nitrogens with one attached hydrogen (secondary N) is 1. The fourth-order valence-corrected chi connectivity index (χ4v) is 5.86. The van der Waals surface area contributed by atoms with Gasteiger partial charge in [0.15, 0.2) is 5.13 Å². The molecule has 0 saturated carbocycles. The van der Waals surface area contributed by atoms with E-state index in [0.29, 0.717) is 16.8 Å². The molecule has 170 valence electrons. The maximum Gasteiger partial charge on any atom is 0.270 e. The zero-order chi connectivity index (χ0) is 22.9. The number of benzene rings is 2. The van der Waals surface area contributed by atoms with Crippen LogP contribution in [0.2, 0.25) is 0 Å². The Kier molecular flexibility index (Phi) is 5.92. The number of non-ortho nitro benzene ring substituents is 1. The smallest absolute Gasteiger partial charge is 0.270 e. The van der Waals surface area contributed by atoms with Crippen LogP contribution in [-0.2, 0) is 0 Å². The van der Waals surface area contributed by atoms with Gasteiger partial charge in [0, 0.05) is 61.5 Å². The van der Waals surface area contributed by atoms with Crippen LogP contribution >= 0.6 is 22.7 Å². The number of nitro groups is 1. The number of carbonyl (C=O) groups excluding carboxylic acids is 1. The standard InChI is InChI=1S/C22H20FN5O3S2/c23-15-1-3-17-19(13-15)33-22(25-17)27-9-7-26(8-10-27)6-5-24-21(29)20-12-14-11-16(28(30)31)2-4-18(14)32-20/h1-4,11-13H,5-10H2,(H,24,29). The lowest BCUT2D eigenvalue weighted by Gasteiger charge is -2.34. The van der Waals surface area contributed by atoms with Gasteiger partial charge in [0.2, 0.25) is 0 Å². The molecule has 3 heterocycles. The zero-order valence-electron chi connectivity index (χ0n) is 17.5. The van der Waals surface area contributed by atoms with Crippen LogP contribution < -0.4 is 10.2 Å². The van der Waals surface area contributed by atoms with Crippen molar-refractivity contribution in [2.24, 2.45) is 0 Å². The summed E-state index contributed by atoms with van der Waals surface area (Å²) in [7, 11) is 0. The van der Waals surface area contributed by atoms with Crippen LogP contribution in [0.4, 0.5) is 15.2 Å². The molecule has 4 aromatic rings. The van der Waals surface area contributed by atoms with Gasteiger partial charge in [0.05, 0.1) is 20.0 Å². The van der Waals surface area contributed by atoms with Crippen molar-refractivity contribution >= 4 is 59.7 Å². The van der Waals surface area contributed by atoms with E-state index >= 15 is 0 Å². The van der Waals surface area contributed by atoms with Crippen LogP contribution in [0.5, 0.6) is 0 Å². The Balaban J connectivity index is 1.12. The number of aromatic nitrogens is 1. The van der Waals surface area contributed by atoms with E-state index in [-0.39, 0.29) is 17.4 Å². The Labute approximate surface area is 196 Å². The normalized spacial score (nSPS) is 14.8. The van der Waals surface area contributed by atoms with E-state index in [1.807, 2.05) is 0 Å². The SMILES string of the molecule is O=C(NCCN1CCN(c2nc3ccc(F)cc3s2)CC1)c1cc2cc([N+](=O)[O-])ccc2s1. The quantitative estimate of drug-likeness (QED) is 0.326. The summed E-state index contributed by atoms with van der Waals surface area (Å²) in [5.74, 6) is -0.416. The minimum Gasteiger partial charge on any atom is -0.350 e. The molecular weight excluding hydrogens is 465 g/mol. The van der Waals surface area contributed by atoms with Gasteiger partial charge in [-0.1, -0.05) is 11.3 Å². The number of nitro benzene ring substituents is 1. The Morgan fingerprint density at radius 1 is 1.09 bits per heavy atom. The van der Waals surface area contributed by atoms with Crippen molar-refractivity contribution in [1.82, 2.24) is 15.2 Å². The molecule has 0 aliphatic carbocycles. The lowest BCUT2D eigenvalue weighted by atomic mass is 10.2. The van der Waals surface area contributed by atoms with E-state index in [2.05, 4.69) is 20.1 Å². The van der Waals surface area contributed by atoms with Gasteiger partial charge in [-0.15, -0.1) is 11.3 Å². The second kappa shape index (κ2) is 9.00. The fraction of sp³-hybridized carbons (Fsp3) is 0.273. The van der Waals surface area contributed by atoms with Crippen LogP contribution in [0.3, 0.4) is 0 Å². The van der Waals surface area contributed by atoms with E-state index in [1.54, 1.807) is 18.2 Å². The van der Waals surface area contributed by atoms with Crippen molar-refractivity contribution in [2.45, 2.75) is 0 Å². The maximum atomic E-state index is 13.4. The van der Waals surface area contributed by atoms with Crippen molar-refractivity contribution in [3.05, 3.63) is 63.3 Å². The zero-order valence-corrected chi connectivity index (χ0v) is 19.1. The molecule has 0 spiro atoms. The van der Waals surface area contributed by atoms with E-state index in [9.17, 15) is 19.3 Å². The van der Waals surface area contributed by atoms with Gasteiger partial charge >= 0.3 is 0 Å². The van der Waals surface area contributed by atoms with Gasteiger partial charge in [-0.2, -0.15) is 0 Å². The summed E-state index contributed by atoms with van der Waals surface area (Å²) in [6.07, 6.45) is 0. The predicted molar refractivity (Wildman–Crippen MR) is 129 cm³/mol. The highest BCUT2D eigenvalue weighted by molar-refractivity contribution is 7.22. The van der Waals surface area contributed by atoms with Gasteiger partial charge in [0.25, 0.3) is 11.6 Å². The minimum absolute atomic E-state index is 0.0180. The molecule has 0 radical (unpaired) electrons. The third kappa shape index (κ3) is 4.65. The molecule has 1 N–H and O–H groups in total. The summed E-state index contributed by atoms with van der Waals surface area (Å²) in [6, 6.07) is 11.0. The van der Waals surface area contributed by atoms with E-state index in [0.717, 1.165) is 52.8 Å².